The van der Waals surface area contributed by atoms with E-state index in [2.05, 4.69) is 30.5 Å². The maximum absolute atomic E-state index is 12.3. The van der Waals surface area contributed by atoms with Crippen molar-refractivity contribution < 1.29 is 4.79 Å². The van der Waals surface area contributed by atoms with Crippen LogP contribution in [0.25, 0.3) is 5.82 Å². The van der Waals surface area contributed by atoms with Crippen molar-refractivity contribution in [1.29, 1.82) is 0 Å². The smallest absolute Gasteiger partial charge is 0.274 e. The minimum atomic E-state index is -0.409. The molecule has 0 fully saturated rings. The van der Waals surface area contributed by atoms with Gasteiger partial charge in [0.15, 0.2) is 17.3 Å². The molecule has 0 aliphatic rings. The number of hydrogen-bond acceptors (Lipinski definition) is 7. The van der Waals surface area contributed by atoms with Gasteiger partial charge in [-0.3, -0.25) is 9.78 Å². The predicted octanol–water partition coefficient (Wildman–Crippen LogP) is 0.581. The molecule has 0 aromatic carbocycles. The lowest BCUT2D eigenvalue weighted by Gasteiger charge is -2.10. The van der Waals surface area contributed by atoms with Crippen LogP contribution in [0, 0.1) is 13.8 Å². The van der Waals surface area contributed by atoms with Gasteiger partial charge >= 0.3 is 0 Å². The Bertz CT molecular complexity index is 875. The number of hydrogen-bond donors (Lipinski definition) is 2. The molecule has 3 aromatic rings. The second kappa shape index (κ2) is 6.41. The highest BCUT2D eigenvalue weighted by Crippen LogP contribution is 2.13. The minimum absolute atomic E-state index is 0.0168. The van der Waals surface area contributed by atoms with Crippen molar-refractivity contribution in [2.24, 2.45) is 0 Å². The summed E-state index contributed by atoms with van der Waals surface area (Å²) in [6.45, 7) is 3.93. The second-order valence-electron chi connectivity index (χ2n) is 5.13. The third-order valence-electron chi connectivity index (χ3n) is 3.43. The summed E-state index contributed by atoms with van der Waals surface area (Å²) < 4.78 is 0. The standard InChI is InChI=1S/C15H16N8O/c1-9-4-3-5-17-11(9)8-18-15(24)12-13(16)22-14(10(2)21-12)23-19-6-7-20-23/h3-7H,8H2,1-2H3,(H2,16,22)(H,18,24). The topological polar surface area (TPSA) is 124 Å². The molecule has 0 radical (unpaired) electrons. The van der Waals surface area contributed by atoms with Crippen molar-refractivity contribution in [3.63, 3.8) is 0 Å². The summed E-state index contributed by atoms with van der Waals surface area (Å²) in [5.74, 6) is -0.00843. The Morgan fingerprint density at radius 2 is 1.96 bits per heavy atom. The highest BCUT2D eigenvalue weighted by molar-refractivity contribution is 5.96. The van der Waals surface area contributed by atoms with E-state index in [0.29, 0.717) is 11.5 Å². The first-order valence-electron chi connectivity index (χ1n) is 7.25. The normalized spacial score (nSPS) is 10.6. The average molecular weight is 324 g/mol. The molecule has 0 aliphatic carbocycles. The summed E-state index contributed by atoms with van der Waals surface area (Å²) in [5.41, 5.74) is 8.22. The molecule has 24 heavy (non-hydrogen) atoms. The number of nitrogens with one attached hydrogen (secondary N) is 1. The number of carbonyl (C=O) groups is 1. The molecule has 0 unspecified atom stereocenters. The monoisotopic (exact) mass is 324 g/mol. The molecule has 0 saturated heterocycles. The Labute approximate surface area is 138 Å². The maximum Gasteiger partial charge on any atom is 0.274 e. The number of anilines is 1. The number of nitrogen functional groups attached to an aromatic ring is 1. The Kier molecular flexibility index (Phi) is 4.15. The van der Waals surface area contributed by atoms with Gasteiger partial charge in [0.1, 0.15) is 0 Å². The zero-order chi connectivity index (χ0) is 17.1. The summed E-state index contributed by atoms with van der Waals surface area (Å²) in [5, 5.41) is 10.7. The van der Waals surface area contributed by atoms with Crippen LogP contribution in [0.3, 0.4) is 0 Å². The van der Waals surface area contributed by atoms with E-state index < -0.39 is 5.91 Å². The zero-order valence-corrected chi connectivity index (χ0v) is 13.3. The van der Waals surface area contributed by atoms with Gasteiger partial charge in [-0.15, -0.1) is 4.80 Å². The first-order chi connectivity index (χ1) is 11.6. The summed E-state index contributed by atoms with van der Waals surface area (Å²) in [4.78, 5) is 26.3. The van der Waals surface area contributed by atoms with E-state index in [-0.39, 0.29) is 18.1 Å². The molecule has 0 atom stereocenters. The summed E-state index contributed by atoms with van der Waals surface area (Å²) in [6.07, 6.45) is 4.72. The third kappa shape index (κ3) is 3.05. The van der Waals surface area contributed by atoms with E-state index in [1.54, 1.807) is 13.1 Å². The van der Waals surface area contributed by atoms with Gasteiger partial charge in [-0.25, -0.2) is 9.97 Å². The molecule has 3 N–H and O–H groups in total. The first-order valence-corrected chi connectivity index (χ1v) is 7.25. The molecule has 0 bridgehead atoms. The Hall–Kier alpha value is -3.36. The van der Waals surface area contributed by atoms with Crippen LogP contribution in [-0.4, -0.2) is 35.9 Å². The summed E-state index contributed by atoms with van der Waals surface area (Å²) >= 11 is 0. The van der Waals surface area contributed by atoms with Crippen molar-refractivity contribution >= 4 is 11.7 Å². The van der Waals surface area contributed by atoms with Gasteiger partial charge in [-0.05, 0) is 25.5 Å². The van der Waals surface area contributed by atoms with Crippen molar-refractivity contribution in [2.45, 2.75) is 20.4 Å². The van der Waals surface area contributed by atoms with Gasteiger partial charge in [0.05, 0.1) is 30.3 Å². The van der Waals surface area contributed by atoms with Crippen molar-refractivity contribution in [3.8, 4) is 5.82 Å². The van der Waals surface area contributed by atoms with Crippen LogP contribution in [0.2, 0.25) is 0 Å². The molecular formula is C15H16N8O. The molecule has 9 nitrogen and oxygen atoms in total. The average Bonchev–Trinajstić information content (AvgIpc) is 3.10. The predicted molar refractivity (Wildman–Crippen MR) is 86.2 cm³/mol. The summed E-state index contributed by atoms with van der Waals surface area (Å²) in [6, 6.07) is 3.77. The lowest BCUT2D eigenvalue weighted by atomic mass is 10.2. The molecule has 0 saturated carbocycles. The molecule has 3 aromatic heterocycles. The first kappa shape index (κ1) is 15.5. The number of pyridine rings is 1. The van der Waals surface area contributed by atoms with Crippen molar-refractivity contribution in [1.82, 2.24) is 35.3 Å². The number of aromatic nitrogens is 6. The third-order valence-corrected chi connectivity index (χ3v) is 3.43. The number of aryl methyl sites for hydroxylation is 2. The minimum Gasteiger partial charge on any atom is -0.382 e. The van der Waals surface area contributed by atoms with Crippen molar-refractivity contribution in [2.75, 3.05) is 5.73 Å². The van der Waals surface area contributed by atoms with Crippen LogP contribution in [0.15, 0.2) is 30.7 Å². The molecule has 122 valence electrons. The number of nitrogens with zero attached hydrogens (tertiary/aromatic N) is 6. The fraction of sp³-hybridized carbons (Fsp3) is 0.200. The zero-order valence-electron chi connectivity index (χ0n) is 13.3. The molecule has 0 aliphatic heterocycles. The lowest BCUT2D eigenvalue weighted by Crippen LogP contribution is -2.27. The van der Waals surface area contributed by atoms with Crippen LogP contribution in [0.4, 0.5) is 5.82 Å². The van der Waals surface area contributed by atoms with Crippen molar-refractivity contribution in [3.05, 3.63) is 53.4 Å². The van der Waals surface area contributed by atoms with Gasteiger partial charge in [-0.2, -0.15) is 10.2 Å². The SMILES string of the molecule is Cc1cccnc1CNC(=O)c1nc(C)c(-n2nccn2)nc1N. The van der Waals surface area contributed by atoms with E-state index in [1.165, 1.54) is 17.2 Å². The van der Waals surface area contributed by atoms with Crippen LogP contribution in [0.1, 0.15) is 27.4 Å². The molecule has 0 spiro atoms. The van der Waals surface area contributed by atoms with Gasteiger partial charge in [-0.1, -0.05) is 6.07 Å². The largest absolute Gasteiger partial charge is 0.382 e. The van der Waals surface area contributed by atoms with E-state index in [4.69, 9.17) is 5.73 Å². The highest BCUT2D eigenvalue weighted by Gasteiger charge is 2.17. The quantitative estimate of drug-likeness (QED) is 0.719. The molecule has 3 heterocycles. The van der Waals surface area contributed by atoms with Gasteiger partial charge in [0.2, 0.25) is 0 Å². The van der Waals surface area contributed by atoms with Gasteiger partial charge < -0.3 is 11.1 Å². The molecule has 1 amide bonds. The fourth-order valence-electron chi connectivity index (χ4n) is 2.16. The second-order valence-corrected chi connectivity index (χ2v) is 5.13. The van der Waals surface area contributed by atoms with Crippen LogP contribution < -0.4 is 11.1 Å². The van der Waals surface area contributed by atoms with Crippen LogP contribution in [0.5, 0.6) is 0 Å². The van der Waals surface area contributed by atoms with E-state index in [1.807, 2.05) is 19.1 Å². The van der Waals surface area contributed by atoms with Gasteiger partial charge in [0.25, 0.3) is 5.91 Å². The fourth-order valence-corrected chi connectivity index (χ4v) is 2.16. The highest BCUT2D eigenvalue weighted by atomic mass is 16.1. The lowest BCUT2D eigenvalue weighted by molar-refractivity contribution is 0.0946. The van der Waals surface area contributed by atoms with E-state index in [9.17, 15) is 4.79 Å². The Balaban J connectivity index is 1.80. The van der Waals surface area contributed by atoms with Crippen LogP contribution in [-0.2, 0) is 6.54 Å². The molecule has 3 rings (SSSR count). The van der Waals surface area contributed by atoms with E-state index in [0.717, 1.165) is 11.3 Å². The van der Waals surface area contributed by atoms with Crippen LogP contribution >= 0.6 is 0 Å². The van der Waals surface area contributed by atoms with Gasteiger partial charge in [0, 0.05) is 6.20 Å². The number of amides is 1. The number of carbonyl (C=O) groups excluding carboxylic acids is 1. The van der Waals surface area contributed by atoms with E-state index >= 15 is 0 Å². The molecule has 9 heteroatoms. The number of nitrogens with two attached hydrogens (primary N) is 1. The Morgan fingerprint density at radius 1 is 1.21 bits per heavy atom. The molecular weight excluding hydrogens is 308 g/mol. The maximum atomic E-state index is 12.3. The number of rotatable bonds is 4. The Morgan fingerprint density at radius 3 is 2.67 bits per heavy atom. The summed E-state index contributed by atoms with van der Waals surface area (Å²) in [7, 11) is 0.